The monoisotopic (exact) mass is 317 g/mol. The molecule has 0 radical (unpaired) electrons. The van der Waals surface area contributed by atoms with Crippen LogP contribution in [0.2, 0.25) is 0 Å². The molecule has 2 atom stereocenters. The summed E-state index contributed by atoms with van der Waals surface area (Å²) in [6.45, 7) is 7.95. The summed E-state index contributed by atoms with van der Waals surface area (Å²) in [5.74, 6) is 0.260. The maximum atomic E-state index is 12.3. The summed E-state index contributed by atoms with van der Waals surface area (Å²) in [6, 6.07) is 9.89. The molecule has 0 aromatic heterocycles. The van der Waals surface area contributed by atoms with Gasteiger partial charge in [0.2, 0.25) is 11.8 Å². The summed E-state index contributed by atoms with van der Waals surface area (Å²) in [5, 5.41) is 5.73. The number of anilines is 1. The SMILES string of the molecule is CC(=O)N[C@@H](C(=O)NC[C@@H]1CCN(c2ccccc2)C1)C(C)C. The average molecular weight is 317 g/mol. The first-order valence-corrected chi connectivity index (χ1v) is 8.32. The third-order valence-corrected chi connectivity index (χ3v) is 4.28. The Kier molecular flexibility index (Phi) is 6.02. The number of para-hydroxylation sites is 1. The Morgan fingerprint density at radius 1 is 1.26 bits per heavy atom. The Bertz CT molecular complexity index is 530. The molecule has 0 saturated carbocycles. The van der Waals surface area contributed by atoms with Crippen LogP contribution in [-0.2, 0) is 9.59 Å². The molecule has 0 bridgehead atoms. The van der Waals surface area contributed by atoms with Crippen molar-refractivity contribution in [3.05, 3.63) is 30.3 Å². The quantitative estimate of drug-likeness (QED) is 0.841. The number of amides is 2. The highest BCUT2D eigenvalue weighted by molar-refractivity contribution is 5.87. The summed E-state index contributed by atoms with van der Waals surface area (Å²) < 4.78 is 0. The van der Waals surface area contributed by atoms with Gasteiger partial charge in [-0.3, -0.25) is 9.59 Å². The van der Waals surface area contributed by atoms with E-state index in [1.165, 1.54) is 12.6 Å². The molecule has 2 N–H and O–H groups in total. The molecular weight excluding hydrogens is 290 g/mol. The molecular formula is C18H27N3O2. The lowest BCUT2D eigenvalue weighted by atomic mass is 10.0. The van der Waals surface area contributed by atoms with Crippen molar-refractivity contribution < 1.29 is 9.59 Å². The van der Waals surface area contributed by atoms with Gasteiger partial charge in [0.25, 0.3) is 0 Å². The van der Waals surface area contributed by atoms with E-state index in [2.05, 4.69) is 27.7 Å². The van der Waals surface area contributed by atoms with Crippen molar-refractivity contribution in [2.45, 2.75) is 33.2 Å². The van der Waals surface area contributed by atoms with Gasteiger partial charge in [-0.15, -0.1) is 0 Å². The third-order valence-electron chi connectivity index (χ3n) is 4.28. The second kappa shape index (κ2) is 7.99. The molecule has 1 saturated heterocycles. The zero-order chi connectivity index (χ0) is 16.8. The number of rotatable bonds is 6. The van der Waals surface area contributed by atoms with Gasteiger partial charge in [0.1, 0.15) is 6.04 Å². The molecule has 1 aliphatic rings. The van der Waals surface area contributed by atoms with Crippen LogP contribution in [0.15, 0.2) is 30.3 Å². The Labute approximate surface area is 138 Å². The van der Waals surface area contributed by atoms with Crippen LogP contribution in [-0.4, -0.2) is 37.5 Å². The van der Waals surface area contributed by atoms with Gasteiger partial charge in [-0.25, -0.2) is 0 Å². The third kappa shape index (κ3) is 4.98. The maximum absolute atomic E-state index is 12.3. The number of carbonyl (C=O) groups excluding carboxylic acids is 2. The number of nitrogens with zero attached hydrogens (tertiary/aromatic N) is 1. The molecule has 2 amide bonds. The van der Waals surface area contributed by atoms with Crippen molar-refractivity contribution in [1.82, 2.24) is 10.6 Å². The van der Waals surface area contributed by atoms with E-state index in [0.29, 0.717) is 12.5 Å². The van der Waals surface area contributed by atoms with E-state index in [0.717, 1.165) is 19.5 Å². The minimum Gasteiger partial charge on any atom is -0.371 e. The number of carbonyl (C=O) groups is 2. The molecule has 126 valence electrons. The topological polar surface area (TPSA) is 61.4 Å². The highest BCUT2D eigenvalue weighted by Gasteiger charge is 2.26. The largest absolute Gasteiger partial charge is 0.371 e. The fraction of sp³-hybridized carbons (Fsp3) is 0.556. The first kappa shape index (κ1) is 17.3. The average Bonchev–Trinajstić information content (AvgIpc) is 2.99. The van der Waals surface area contributed by atoms with Crippen LogP contribution in [0.4, 0.5) is 5.69 Å². The van der Waals surface area contributed by atoms with Gasteiger partial charge in [0.15, 0.2) is 0 Å². The van der Waals surface area contributed by atoms with E-state index >= 15 is 0 Å². The zero-order valence-electron chi connectivity index (χ0n) is 14.2. The molecule has 1 aromatic carbocycles. The molecule has 1 aliphatic heterocycles. The first-order valence-electron chi connectivity index (χ1n) is 8.32. The molecule has 1 heterocycles. The second-order valence-electron chi connectivity index (χ2n) is 6.60. The van der Waals surface area contributed by atoms with Crippen molar-refractivity contribution >= 4 is 17.5 Å². The lowest BCUT2D eigenvalue weighted by molar-refractivity contribution is -0.129. The molecule has 0 spiro atoms. The molecule has 2 rings (SSSR count). The van der Waals surface area contributed by atoms with Crippen LogP contribution >= 0.6 is 0 Å². The predicted molar refractivity (Wildman–Crippen MR) is 92.2 cm³/mol. The van der Waals surface area contributed by atoms with Crippen LogP contribution in [0.5, 0.6) is 0 Å². The van der Waals surface area contributed by atoms with Crippen molar-refractivity contribution in [2.75, 3.05) is 24.5 Å². The van der Waals surface area contributed by atoms with E-state index in [1.54, 1.807) is 0 Å². The number of hydrogen-bond acceptors (Lipinski definition) is 3. The maximum Gasteiger partial charge on any atom is 0.242 e. The molecule has 23 heavy (non-hydrogen) atoms. The first-order chi connectivity index (χ1) is 11.0. The van der Waals surface area contributed by atoms with E-state index in [-0.39, 0.29) is 17.7 Å². The van der Waals surface area contributed by atoms with Crippen molar-refractivity contribution in [2.24, 2.45) is 11.8 Å². The van der Waals surface area contributed by atoms with Gasteiger partial charge in [-0.05, 0) is 30.4 Å². The zero-order valence-corrected chi connectivity index (χ0v) is 14.2. The van der Waals surface area contributed by atoms with Crippen molar-refractivity contribution in [3.8, 4) is 0 Å². The van der Waals surface area contributed by atoms with Gasteiger partial charge in [-0.2, -0.15) is 0 Å². The lowest BCUT2D eigenvalue weighted by Crippen LogP contribution is -2.50. The summed E-state index contributed by atoms with van der Waals surface area (Å²) in [7, 11) is 0. The molecule has 1 aromatic rings. The fourth-order valence-corrected chi connectivity index (χ4v) is 2.98. The molecule has 0 aliphatic carbocycles. The van der Waals surface area contributed by atoms with Crippen LogP contribution in [0, 0.1) is 11.8 Å². The summed E-state index contributed by atoms with van der Waals surface area (Å²) in [6.07, 6.45) is 1.07. The van der Waals surface area contributed by atoms with Gasteiger partial charge in [-0.1, -0.05) is 32.0 Å². The molecule has 5 nitrogen and oxygen atoms in total. The Morgan fingerprint density at radius 3 is 2.57 bits per heavy atom. The molecule has 1 fully saturated rings. The Hall–Kier alpha value is -2.04. The second-order valence-corrected chi connectivity index (χ2v) is 6.60. The standard InChI is InChI=1S/C18H27N3O2/c1-13(2)17(20-14(3)22)18(23)19-11-15-9-10-21(12-15)16-7-5-4-6-8-16/h4-8,13,15,17H,9-12H2,1-3H3,(H,19,23)(H,20,22)/t15-,17+/m0/s1. The van der Waals surface area contributed by atoms with Gasteiger partial charge < -0.3 is 15.5 Å². The lowest BCUT2D eigenvalue weighted by Gasteiger charge is -2.22. The van der Waals surface area contributed by atoms with Crippen molar-refractivity contribution in [3.63, 3.8) is 0 Å². The highest BCUT2D eigenvalue weighted by Crippen LogP contribution is 2.22. The minimum absolute atomic E-state index is 0.0725. The van der Waals surface area contributed by atoms with Crippen LogP contribution in [0.25, 0.3) is 0 Å². The summed E-state index contributed by atoms with van der Waals surface area (Å²) in [5.41, 5.74) is 1.24. The van der Waals surface area contributed by atoms with E-state index < -0.39 is 6.04 Å². The van der Waals surface area contributed by atoms with Gasteiger partial charge in [0.05, 0.1) is 0 Å². The summed E-state index contributed by atoms with van der Waals surface area (Å²) >= 11 is 0. The van der Waals surface area contributed by atoms with Crippen LogP contribution < -0.4 is 15.5 Å². The van der Waals surface area contributed by atoms with Crippen molar-refractivity contribution in [1.29, 1.82) is 0 Å². The Balaban J connectivity index is 1.82. The predicted octanol–water partition coefficient (Wildman–Crippen LogP) is 1.79. The van der Waals surface area contributed by atoms with Gasteiger partial charge in [0, 0.05) is 32.2 Å². The van der Waals surface area contributed by atoms with E-state index in [4.69, 9.17) is 0 Å². The summed E-state index contributed by atoms with van der Waals surface area (Å²) in [4.78, 5) is 25.9. The smallest absolute Gasteiger partial charge is 0.242 e. The van der Waals surface area contributed by atoms with Crippen LogP contribution in [0.3, 0.4) is 0 Å². The van der Waals surface area contributed by atoms with Crippen LogP contribution in [0.1, 0.15) is 27.2 Å². The number of nitrogens with one attached hydrogen (secondary N) is 2. The van der Waals surface area contributed by atoms with Gasteiger partial charge >= 0.3 is 0 Å². The number of benzene rings is 1. The minimum atomic E-state index is -0.459. The Morgan fingerprint density at radius 2 is 1.96 bits per heavy atom. The fourth-order valence-electron chi connectivity index (χ4n) is 2.98. The molecule has 5 heteroatoms. The van der Waals surface area contributed by atoms with E-state index in [9.17, 15) is 9.59 Å². The normalized spacial score (nSPS) is 18.8. The van der Waals surface area contributed by atoms with E-state index in [1.807, 2.05) is 32.0 Å². The highest BCUT2D eigenvalue weighted by atomic mass is 16.2. The molecule has 0 unspecified atom stereocenters. The number of hydrogen-bond donors (Lipinski definition) is 2.